The van der Waals surface area contributed by atoms with Gasteiger partial charge in [0.1, 0.15) is 12.4 Å². The summed E-state index contributed by atoms with van der Waals surface area (Å²) >= 11 is 0. The van der Waals surface area contributed by atoms with E-state index in [4.69, 9.17) is 14.2 Å². The Bertz CT molecular complexity index is 754. The van der Waals surface area contributed by atoms with Gasteiger partial charge in [-0.3, -0.25) is 0 Å². The zero-order chi connectivity index (χ0) is 19.5. The zero-order valence-electron chi connectivity index (χ0n) is 15.9. The Morgan fingerprint density at radius 2 is 1.44 bits per heavy atom. The normalized spacial score (nSPS) is 10.3. The van der Waals surface area contributed by atoms with Crippen LogP contribution in [-0.4, -0.2) is 25.7 Å². The lowest BCUT2D eigenvalue weighted by molar-refractivity contribution is 0.0434. The number of carbonyl (C=O) groups is 2. The third-order valence-corrected chi connectivity index (χ3v) is 4.15. The minimum atomic E-state index is -0.570. The van der Waals surface area contributed by atoms with Crippen molar-refractivity contribution in [3.8, 4) is 5.75 Å². The number of esters is 2. The summed E-state index contributed by atoms with van der Waals surface area (Å²) in [7, 11) is 1.56. The number of unbranched alkanes of at least 4 members (excludes halogenated alkanes) is 3. The van der Waals surface area contributed by atoms with Crippen LogP contribution in [0.4, 0.5) is 0 Å². The number of para-hydroxylation sites is 1. The molecule has 0 aliphatic carbocycles. The van der Waals surface area contributed by atoms with Crippen LogP contribution in [0.3, 0.4) is 0 Å². The molecule has 5 nitrogen and oxygen atoms in total. The van der Waals surface area contributed by atoms with Crippen molar-refractivity contribution in [2.75, 3.05) is 13.7 Å². The molecule has 27 heavy (non-hydrogen) atoms. The van der Waals surface area contributed by atoms with Crippen LogP contribution in [0.1, 0.15) is 58.9 Å². The lowest BCUT2D eigenvalue weighted by atomic mass is 10.1. The van der Waals surface area contributed by atoms with E-state index in [1.165, 1.54) is 0 Å². The summed E-state index contributed by atoms with van der Waals surface area (Å²) in [6.45, 7) is 2.53. The molecule has 2 aromatic carbocycles. The standard InChI is InChI=1S/C22H26O5/c1-3-4-5-10-15-26-21(23)18-12-7-8-13-19(18)22(24)27-16-17-11-6-9-14-20(17)25-2/h6-9,11-14H,3-5,10,15-16H2,1-2H3. The Labute approximate surface area is 160 Å². The fraction of sp³-hybridized carbons (Fsp3) is 0.364. The van der Waals surface area contributed by atoms with Gasteiger partial charge in [-0.2, -0.15) is 0 Å². The van der Waals surface area contributed by atoms with Gasteiger partial charge in [-0.05, 0) is 24.6 Å². The molecule has 0 N–H and O–H groups in total. The first kappa shape index (κ1) is 20.5. The molecule has 144 valence electrons. The summed E-state index contributed by atoms with van der Waals surface area (Å²) in [4.78, 5) is 24.8. The number of benzene rings is 2. The Morgan fingerprint density at radius 1 is 0.815 bits per heavy atom. The van der Waals surface area contributed by atoms with Crippen LogP contribution in [0.15, 0.2) is 48.5 Å². The van der Waals surface area contributed by atoms with Gasteiger partial charge in [-0.25, -0.2) is 9.59 Å². The van der Waals surface area contributed by atoms with Gasteiger partial charge < -0.3 is 14.2 Å². The average molecular weight is 370 g/mol. The number of methoxy groups -OCH3 is 1. The van der Waals surface area contributed by atoms with Gasteiger partial charge in [-0.15, -0.1) is 0 Å². The van der Waals surface area contributed by atoms with E-state index in [2.05, 4.69) is 6.92 Å². The van der Waals surface area contributed by atoms with Crippen LogP contribution in [0.25, 0.3) is 0 Å². The molecule has 0 saturated carbocycles. The van der Waals surface area contributed by atoms with Crippen molar-refractivity contribution >= 4 is 11.9 Å². The highest BCUT2D eigenvalue weighted by Gasteiger charge is 2.19. The Morgan fingerprint density at radius 3 is 2.11 bits per heavy atom. The lowest BCUT2D eigenvalue weighted by Gasteiger charge is -2.11. The van der Waals surface area contributed by atoms with E-state index in [9.17, 15) is 9.59 Å². The molecule has 0 saturated heterocycles. The second-order valence-corrected chi connectivity index (χ2v) is 6.13. The van der Waals surface area contributed by atoms with Crippen molar-refractivity contribution in [3.05, 3.63) is 65.2 Å². The Balaban J connectivity index is 1.99. The topological polar surface area (TPSA) is 61.8 Å². The van der Waals surface area contributed by atoms with E-state index in [0.29, 0.717) is 12.4 Å². The molecule has 0 amide bonds. The molecule has 0 atom stereocenters. The van der Waals surface area contributed by atoms with Crippen molar-refractivity contribution in [1.82, 2.24) is 0 Å². The molecule has 0 bridgehead atoms. The summed E-state index contributed by atoms with van der Waals surface area (Å²) in [5.74, 6) is -0.430. The highest BCUT2D eigenvalue weighted by molar-refractivity contribution is 6.03. The third-order valence-electron chi connectivity index (χ3n) is 4.15. The zero-order valence-corrected chi connectivity index (χ0v) is 15.9. The maximum absolute atomic E-state index is 12.5. The van der Waals surface area contributed by atoms with Crippen molar-refractivity contribution in [1.29, 1.82) is 0 Å². The molecule has 0 fully saturated rings. The van der Waals surface area contributed by atoms with Crippen LogP contribution in [0.2, 0.25) is 0 Å². The summed E-state index contributed by atoms with van der Waals surface area (Å²) in [5, 5.41) is 0. The van der Waals surface area contributed by atoms with Crippen molar-refractivity contribution in [2.24, 2.45) is 0 Å². The van der Waals surface area contributed by atoms with E-state index < -0.39 is 11.9 Å². The molecular formula is C22H26O5. The first-order chi connectivity index (χ1) is 13.2. The molecule has 0 spiro atoms. The largest absolute Gasteiger partial charge is 0.496 e. The lowest BCUT2D eigenvalue weighted by Crippen LogP contribution is -2.14. The minimum Gasteiger partial charge on any atom is -0.496 e. The summed E-state index contributed by atoms with van der Waals surface area (Å²) in [6.07, 6.45) is 4.07. The van der Waals surface area contributed by atoms with E-state index in [1.807, 2.05) is 18.2 Å². The second-order valence-electron chi connectivity index (χ2n) is 6.13. The molecule has 0 unspecified atom stereocenters. The van der Waals surface area contributed by atoms with Gasteiger partial charge in [0, 0.05) is 5.56 Å². The monoisotopic (exact) mass is 370 g/mol. The van der Waals surface area contributed by atoms with E-state index >= 15 is 0 Å². The quantitative estimate of drug-likeness (QED) is 0.444. The predicted octanol–water partition coefficient (Wildman–Crippen LogP) is 4.79. The number of hydrogen-bond donors (Lipinski definition) is 0. The molecule has 0 radical (unpaired) electrons. The second kappa shape index (κ2) is 11.0. The smallest absolute Gasteiger partial charge is 0.339 e. The van der Waals surface area contributed by atoms with Gasteiger partial charge in [0.05, 0.1) is 24.8 Å². The summed E-state index contributed by atoms with van der Waals surface area (Å²) < 4.78 is 15.9. The van der Waals surface area contributed by atoms with Crippen LogP contribution < -0.4 is 4.74 Å². The average Bonchev–Trinajstić information content (AvgIpc) is 2.71. The summed E-state index contributed by atoms with van der Waals surface area (Å²) in [5.41, 5.74) is 1.17. The molecule has 2 aromatic rings. The summed E-state index contributed by atoms with van der Waals surface area (Å²) in [6, 6.07) is 13.8. The molecule has 0 aliphatic heterocycles. The predicted molar refractivity (Wildman–Crippen MR) is 103 cm³/mol. The highest BCUT2D eigenvalue weighted by atomic mass is 16.5. The molecule has 5 heteroatoms. The minimum absolute atomic E-state index is 0.0588. The molecule has 0 heterocycles. The van der Waals surface area contributed by atoms with E-state index in [0.717, 1.165) is 31.2 Å². The van der Waals surface area contributed by atoms with Crippen LogP contribution >= 0.6 is 0 Å². The first-order valence-electron chi connectivity index (χ1n) is 9.22. The van der Waals surface area contributed by atoms with Crippen LogP contribution in [0, 0.1) is 0 Å². The van der Waals surface area contributed by atoms with E-state index in [1.54, 1.807) is 37.4 Å². The number of ether oxygens (including phenoxy) is 3. The molecule has 0 aliphatic rings. The van der Waals surface area contributed by atoms with Gasteiger partial charge >= 0.3 is 11.9 Å². The van der Waals surface area contributed by atoms with Crippen LogP contribution in [0.5, 0.6) is 5.75 Å². The maximum atomic E-state index is 12.5. The third kappa shape index (κ3) is 6.13. The fourth-order valence-electron chi connectivity index (χ4n) is 2.65. The molecule has 2 rings (SSSR count). The van der Waals surface area contributed by atoms with E-state index in [-0.39, 0.29) is 17.7 Å². The first-order valence-corrected chi connectivity index (χ1v) is 9.22. The van der Waals surface area contributed by atoms with Crippen molar-refractivity contribution in [3.63, 3.8) is 0 Å². The van der Waals surface area contributed by atoms with Crippen LogP contribution in [-0.2, 0) is 16.1 Å². The van der Waals surface area contributed by atoms with Crippen molar-refractivity contribution in [2.45, 2.75) is 39.2 Å². The molecular weight excluding hydrogens is 344 g/mol. The SMILES string of the molecule is CCCCCCOC(=O)c1ccccc1C(=O)OCc1ccccc1OC. The van der Waals surface area contributed by atoms with Gasteiger partial charge in [0.25, 0.3) is 0 Å². The molecule has 0 aromatic heterocycles. The Kier molecular flexibility index (Phi) is 8.36. The van der Waals surface area contributed by atoms with Gasteiger partial charge in [0.2, 0.25) is 0 Å². The highest BCUT2D eigenvalue weighted by Crippen LogP contribution is 2.19. The fourth-order valence-corrected chi connectivity index (χ4v) is 2.65. The number of hydrogen-bond acceptors (Lipinski definition) is 5. The number of carbonyl (C=O) groups excluding carboxylic acids is 2. The van der Waals surface area contributed by atoms with Gasteiger partial charge in [0.15, 0.2) is 0 Å². The maximum Gasteiger partial charge on any atom is 0.339 e. The van der Waals surface area contributed by atoms with Gasteiger partial charge in [-0.1, -0.05) is 56.5 Å². The Hall–Kier alpha value is -2.82. The van der Waals surface area contributed by atoms with Crippen molar-refractivity contribution < 1.29 is 23.8 Å². The number of rotatable bonds is 10.